The molecule has 0 bridgehead atoms. The molecule has 1 saturated heterocycles. The Morgan fingerprint density at radius 2 is 1.70 bits per heavy atom. The van der Waals surface area contributed by atoms with E-state index in [1.807, 2.05) is 58.0 Å². The van der Waals surface area contributed by atoms with Crippen LogP contribution in [0.15, 0.2) is 48.7 Å². The van der Waals surface area contributed by atoms with Crippen molar-refractivity contribution in [2.75, 3.05) is 5.73 Å². The molecule has 0 saturated carbocycles. The number of halogens is 3. The summed E-state index contributed by atoms with van der Waals surface area (Å²) in [5, 5.41) is 4.61. The van der Waals surface area contributed by atoms with E-state index in [4.69, 9.17) is 15.0 Å². The molecule has 1 aromatic heterocycles. The van der Waals surface area contributed by atoms with Crippen molar-refractivity contribution in [1.82, 2.24) is 5.10 Å². The molecule has 11 heteroatoms. The van der Waals surface area contributed by atoms with E-state index in [0.29, 0.717) is 15.6 Å². The lowest BCUT2D eigenvalue weighted by Crippen LogP contribution is -2.52. The number of hydrogen-bond acceptors (Lipinski definition) is 6. The molecule has 172 valence electrons. The summed E-state index contributed by atoms with van der Waals surface area (Å²) in [5.74, 6) is -2.48. The van der Waals surface area contributed by atoms with Crippen molar-refractivity contribution in [1.29, 1.82) is 0 Å². The molecule has 2 N–H and O–H groups in total. The molecule has 1 fully saturated rings. The van der Waals surface area contributed by atoms with Crippen LogP contribution < -0.4 is 20.9 Å². The van der Waals surface area contributed by atoms with Crippen LogP contribution in [0.3, 0.4) is 0 Å². The lowest BCUT2D eigenvalue weighted by molar-refractivity contribution is -0.914. The van der Waals surface area contributed by atoms with Crippen LogP contribution in [0.1, 0.15) is 27.7 Å². The molecule has 7 nitrogen and oxygen atoms in total. The Morgan fingerprint density at radius 3 is 2.33 bits per heavy atom. The molecular formula is C22H22BF3N3O4+. The zero-order valence-corrected chi connectivity index (χ0v) is 18.4. The standard InChI is InChI=1S/C22H22BF3N3O4/c1-20(2)21(3,4)33-23(32-20)16-7-5-6-13(11-16)14-8-9-17-15(10-14)12-29(28-18(17)27)31-19(30)22(24,25)26/h5-12H,1-4H3,(H2,27,28)/q+1. The lowest BCUT2D eigenvalue weighted by atomic mass is 9.78. The lowest BCUT2D eigenvalue weighted by Gasteiger charge is -2.32. The van der Waals surface area contributed by atoms with E-state index in [9.17, 15) is 18.0 Å². The van der Waals surface area contributed by atoms with Crippen molar-refractivity contribution in [3.63, 3.8) is 0 Å². The van der Waals surface area contributed by atoms with Gasteiger partial charge in [-0.1, -0.05) is 30.3 Å². The molecule has 0 atom stereocenters. The van der Waals surface area contributed by atoms with Gasteiger partial charge < -0.3 is 15.0 Å². The van der Waals surface area contributed by atoms with Gasteiger partial charge in [-0.15, -0.1) is 0 Å². The predicted octanol–water partition coefficient (Wildman–Crippen LogP) is 2.59. The minimum Gasteiger partial charge on any atom is -0.399 e. The second-order valence-electron chi connectivity index (χ2n) is 8.81. The highest BCUT2D eigenvalue weighted by molar-refractivity contribution is 6.62. The van der Waals surface area contributed by atoms with E-state index < -0.39 is 30.5 Å². The normalized spacial score (nSPS) is 17.4. The van der Waals surface area contributed by atoms with Crippen molar-refractivity contribution >= 4 is 35.1 Å². The molecule has 33 heavy (non-hydrogen) atoms. The van der Waals surface area contributed by atoms with Crippen LogP contribution >= 0.6 is 0 Å². The molecular weight excluding hydrogens is 438 g/mol. The molecule has 1 aliphatic heterocycles. The Morgan fingerprint density at radius 1 is 1.06 bits per heavy atom. The number of aromatic nitrogens is 2. The fourth-order valence-corrected chi connectivity index (χ4v) is 3.42. The second-order valence-corrected chi connectivity index (χ2v) is 8.81. The first kappa shape index (κ1) is 23.0. The predicted molar refractivity (Wildman–Crippen MR) is 115 cm³/mol. The highest BCUT2D eigenvalue weighted by Gasteiger charge is 2.51. The molecule has 0 radical (unpaired) electrons. The van der Waals surface area contributed by atoms with Crippen molar-refractivity contribution < 1.29 is 37.0 Å². The van der Waals surface area contributed by atoms with E-state index in [-0.39, 0.29) is 5.82 Å². The molecule has 3 aromatic rings. The quantitative estimate of drug-likeness (QED) is 0.478. The van der Waals surface area contributed by atoms with Crippen molar-refractivity contribution in [3.8, 4) is 11.1 Å². The topological polar surface area (TPSA) is 87.5 Å². The maximum absolute atomic E-state index is 12.5. The average molecular weight is 460 g/mol. The van der Waals surface area contributed by atoms with Gasteiger partial charge in [-0.25, -0.2) is 4.79 Å². The zero-order valence-electron chi connectivity index (χ0n) is 18.4. The number of carbonyl (C=O) groups is 1. The Hall–Kier alpha value is -3.18. The monoisotopic (exact) mass is 460 g/mol. The minimum absolute atomic E-state index is 0.0833. The molecule has 0 spiro atoms. The SMILES string of the molecule is CC1(C)OB(c2cccc(-c3ccc4c(N)n[n+](OC(=O)C(F)(F)F)cc4c3)c2)OC1(C)C. The van der Waals surface area contributed by atoms with Crippen molar-refractivity contribution in [3.05, 3.63) is 48.7 Å². The highest BCUT2D eigenvalue weighted by atomic mass is 19.4. The van der Waals surface area contributed by atoms with Gasteiger partial charge in [0.15, 0.2) is 0 Å². The van der Waals surface area contributed by atoms with Crippen molar-refractivity contribution in [2.24, 2.45) is 0 Å². The van der Waals surface area contributed by atoms with Crippen molar-refractivity contribution in [2.45, 2.75) is 45.1 Å². The van der Waals surface area contributed by atoms with E-state index in [1.165, 1.54) is 0 Å². The number of nitrogens with zero attached hydrogens (tertiary/aromatic N) is 2. The van der Waals surface area contributed by atoms with Gasteiger partial charge in [0.25, 0.3) is 6.20 Å². The third kappa shape index (κ3) is 4.38. The summed E-state index contributed by atoms with van der Waals surface area (Å²) in [6.07, 6.45) is -3.99. The Kier molecular flexibility index (Phi) is 5.37. The van der Waals surface area contributed by atoms with Gasteiger partial charge in [-0.2, -0.15) is 18.0 Å². The summed E-state index contributed by atoms with van der Waals surface area (Å²) in [4.78, 5) is 15.8. The van der Waals surface area contributed by atoms with Crippen LogP contribution in [0.5, 0.6) is 0 Å². The fourth-order valence-electron chi connectivity index (χ4n) is 3.42. The van der Waals surface area contributed by atoms with Gasteiger partial charge in [0, 0.05) is 5.39 Å². The second kappa shape index (κ2) is 7.70. The Labute approximate surface area is 188 Å². The number of anilines is 1. The third-order valence-corrected chi connectivity index (χ3v) is 5.94. The maximum atomic E-state index is 12.5. The highest BCUT2D eigenvalue weighted by Crippen LogP contribution is 2.36. The number of benzene rings is 2. The summed E-state index contributed by atoms with van der Waals surface area (Å²) in [7, 11) is -0.542. The smallest absolute Gasteiger partial charge is 0.399 e. The van der Waals surface area contributed by atoms with E-state index >= 15 is 0 Å². The number of alkyl halides is 3. The van der Waals surface area contributed by atoms with Gasteiger partial charge in [0.05, 0.1) is 21.7 Å². The molecule has 1 aliphatic rings. The number of carbonyl (C=O) groups excluding carboxylic acids is 1. The van der Waals surface area contributed by atoms with Crippen LogP contribution in [0.25, 0.3) is 21.9 Å². The Bertz CT molecular complexity index is 1230. The molecule has 0 amide bonds. The fraction of sp³-hybridized carbons (Fsp3) is 0.318. The van der Waals surface area contributed by atoms with Crippen LogP contribution in [0.4, 0.5) is 19.0 Å². The molecule has 2 heterocycles. The third-order valence-electron chi connectivity index (χ3n) is 5.94. The summed E-state index contributed by atoms with van der Waals surface area (Å²) in [5.41, 5.74) is 7.31. The van der Waals surface area contributed by atoms with Crippen LogP contribution in [-0.2, 0) is 14.1 Å². The van der Waals surface area contributed by atoms with Gasteiger partial charge in [-0.3, -0.25) is 0 Å². The van der Waals surface area contributed by atoms with E-state index in [2.05, 4.69) is 9.94 Å². The summed E-state index contributed by atoms with van der Waals surface area (Å²) >= 11 is 0. The molecule has 0 unspecified atom stereocenters. The number of nitrogens with two attached hydrogens (primary N) is 1. The molecule has 4 rings (SSSR count). The van der Waals surface area contributed by atoms with Crippen LogP contribution in [-0.4, -0.2) is 35.6 Å². The first-order valence-corrected chi connectivity index (χ1v) is 10.1. The summed E-state index contributed by atoms with van der Waals surface area (Å²) < 4.78 is 49.8. The largest absolute Gasteiger partial charge is 0.498 e. The van der Waals surface area contributed by atoms with Gasteiger partial charge >= 0.3 is 19.3 Å². The van der Waals surface area contributed by atoms with Gasteiger partial charge in [0.2, 0.25) is 5.82 Å². The first-order valence-electron chi connectivity index (χ1n) is 10.1. The van der Waals surface area contributed by atoms with Gasteiger partial charge in [-0.05, 0) is 56.4 Å². The zero-order chi connectivity index (χ0) is 24.2. The Balaban J connectivity index is 1.68. The average Bonchev–Trinajstić information content (AvgIpc) is 2.94. The minimum atomic E-state index is -5.16. The molecule has 2 aromatic carbocycles. The number of fused-ring (bicyclic) bond motifs is 1. The molecule has 0 aliphatic carbocycles. The number of rotatable bonds is 3. The number of hydrogen-bond donors (Lipinski definition) is 1. The number of nitrogen functional groups attached to an aromatic ring is 1. The summed E-state index contributed by atoms with van der Waals surface area (Å²) in [6.45, 7) is 7.89. The van der Waals surface area contributed by atoms with Gasteiger partial charge in [0.1, 0.15) is 4.85 Å². The van der Waals surface area contributed by atoms with E-state index in [0.717, 1.165) is 22.8 Å². The van der Waals surface area contributed by atoms with E-state index in [1.54, 1.807) is 12.1 Å². The summed E-state index contributed by atoms with van der Waals surface area (Å²) in [6, 6.07) is 12.8. The van der Waals surface area contributed by atoms with Crippen LogP contribution in [0.2, 0.25) is 0 Å². The first-order chi connectivity index (χ1) is 15.3. The van der Waals surface area contributed by atoms with Crippen LogP contribution in [0, 0.1) is 0 Å². The maximum Gasteiger partial charge on any atom is 0.498 e.